The van der Waals surface area contributed by atoms with Crippen molar-refractivity contribution in [3.05, 3.63) is 29.8 Å². The summed E-state index contributed by atoms with van der Waals surface area (Å²) in [7, 11) is 0. The van der Waals surface area contributed by atoms with Crippen LogP contribution in [0.2, 0.25) is 0 Å². The molecule has 0 aliphatic heterocycles. The summed E-state index contributed by atoms with van der Waals surface area (Å²) in [6.45, 7) is 0. The molecule has 0 heterocycles. The number of benzene rings is 1. The number of thioether (sulfide) groups is 1. The Morgan fingerprint density at radius 1 is 1.40 bits per heavy atom. The molecule has 0 aliphatic rings. The van der Waals surface area contributed by atoms with Gasteiger partial charge in [-0.2, -0.15) is 0 Å². The molecule has 82 valence electrons. The van der Waals surface area contributed by atoms with E-state index in [9.17, 15) is 4.79 Å². The molecular formula is C12H15ClOS. The van der Waals surface area contributed by atoms with Crippen LogP contribution in [0, 0.1) is 0 Å². The third kappa shape index (κ3) is 4.27. The summed E-state index contributed by atoms with van der Waals surface area (Å²) in [5, 5.41) is 0. The minimum absolute atomic E-state index is 0.219. The fourth-order valence-electron chi connectivity index (χ4n) is 1.32. The number of carbonyl (C=O) groups excluding carboxylic acids is 1. The van der Waals surface area contributed by atoms with E-state index in [-0.39, 0.29) is 5.78 Å². The molecule has 0 saturated heterocycles. The number of alkyl halides is 1. The van der Waals surface area contributed by atoms with E-state index < -0.39 is 0 Å². The summed E-state index contributed by atoms with van der Waals surface area (Å²) in [5.41, 5.74) is 0.816. The second-order valence-corrected chi connectivity index (χ2v) is 4.56. The van der Waals surface area contributed by atoms with Crippen LogP contribution in [0.25, 0.3) is 0 Å². The first kappa shape index (κ1) is 12.6. The van der Waals surface area contributed by atoms with Crippen molar-refractivity contribution in [2.24, 2.45) is 0 Å². The lowest BCUT2D eigenvalue weighted by Crippen LogP contribution is -1.99. The van der Waals surface area contributed by atoms with Crippen molar-refractivity contribution < 1.29 is 4.79 Å². The molecule has 1 nitrogen and oxygen atoms in total. The summed E-state index contributed by atoms with van der Waals surface area (Å²) >= 11 is 7.22. The molecule has 0 bridgehead atoms. The van der Waals surface area contributed by atoms with Gasteiger partial charge in [0, 0.05) is 22.8 Å². The molecule has 0 aliphatic carbocycles. The van der Waals surface area contributed by atoms with Gasteiger partial charge in [-0.05, 0) is 31.2 Å². The maximum Gasteiger partial charge on any atom is 0.162 e. The quantitative estimate of drug-likeness (QED) is 0.325. The largest absolute Gasteiger partial charge is 0.294 e. The smallest absolute Gasteiger partial charge is 0.162 e. The Labute approximate surface area is 100 Å². The first-order chi connectivity index (χ1) is 7.27. The molecule has 0 N–H and O–H groups in total. The Balaban J connectivity index is 2.57. The molecule has 0 atom stereocenters. The Hall–Kier alpha value is -0.470. The number of carbonyl (C=O) groups is 1. The summed E-state index contributed by atoms with van der Waals surface area (Å²) in [5.74, 6) is 0.856. The zero-order valence-electron chi connectivity index (χ0n) is 8.83. The average molecular weight is 243 g/mol. The third-order valence-electron chi connectivity index (χ3n) is 2.18. The number of ketones is 1. The number of rotatable bonds is 6. The summed E-state index contributed by atoms with van der Waals surface area (Å²) < 4.78 is 0. The van der Waals surface area contributed by atoms with Crippen molar-refractivity contribution in [1.82, 2.24) is 0 Å². The lowest BCUT2D eigenvalue weighted by atomic mass is 10.1. The van der Waals surface area contributed by atoms with Gasteiger partial charge in [-0.1, -0.05) is 12.1 Å². The molecular weight excluding hydrogens is 228 g/mol. The van der Waals surface area contributed by atoms with Crippen molar-refractivity contribution in [1.29, 1.82) is 0 Å². The van der Waals surface area contributed by atoms with Crippen molar-refractivity contribution in [2.45, 2.75) is 24.2 Å². The van der Waals surface area contributed by atoms with Gasteiger partial charge in [0.25, 0.3) is 0 Å². The topological polar surface area (TPSA) is 17.1 Å². The second kappa shape index (κ2) is 6.91. The van der Waals surface area contributed by atoms with Gasteiger partial charge in [0.1, 0.15) is 0 Å². The van der Waals surface area contributed by atoms with Gasteiger partial charge in [0.2, 0.25) is 0 Å². The van der Waals surface area contributed by atoms with Gasteiger partial charge >= 0.3 is 0 Å². The first-order valence-corrected chi connectivity index (χ1v) is 6.77. The average Bonchev–Trinajstić information content (AvgIpc) is 2.29. The van der Waals surface area contributed by atoms with E-state index in [1.54, 1.807) is 11.8 Å². The maximum absolute atomic E-state index is 11.7. The lowest BCUT2D eigenvalue weighted by Gasteiger charge is -2.02. The number of Topliss-reactive ketones (excluding diaryl/α,β-unsaturated/α-hetero) is 1. The highest BCUT2D eigenvalue weighted by atomic mass is 35.5. The highest BCUT2D eigenvalue weighted by molar-refractivity contribution is 7.98. The summed E-state index contributed by atoms with van der Waals surface area (Å²) in [6.07, 6.45) is 4.41. The highest BCUT2D eigenvalue weighted by Gasteiger charge is 2.05. The summed E-state index contributed by atoms with van der Waals surface area (Å²) in [6, 6.07) is 7.78. The van der Waals surface area contributed by atoms with Crippen molar-refractivity contribution in [3.8, 4) is 0 Å². The molecule has 3 heteroatoms. The predicted octanol–water partition coefficient (Wildman–Crippen LogP) is 4.00. The van der Waals surface area contributed by atoms with Crippen LogP contribution in [-0.2, 0) is 0 Å². The molecule has 1 aromatic carbocycles. The van der Waals surface area contributed by atoms with Crippen LogP contribution in [0.4, 0.5) is 0 Å². The minimum atomic E-state index is 0.219. The first-order valence-electron chi connectivity index (χ1n) is 5.01. The molecule has 1 aromatic rings. The normalized spacial score (nSPS) is 10.3. The van der Waals surface area contributed by atoms with Crippen LogP contribution in [0.5, 0.6) is 0 Å². The van der Waals surface area contributed by atoms with Crippen LogP contribution >= 0.6 is 23.4 Å². The fraction of sp³-hybridized carbons (Fsp3) is 0.417. The van der Waals surface area contributed by atoms with Gasteiger partial charge in [-0.15, -0.1) is 23.4 Å². The zero-order chi connectivity index (χ0) is 11.1. The lowest BCUT2D eigenvalue weighted by molar-refractivity contribution is 0.0979. The number of hydrogen-bond acceptors (Lipinski definition) is 2. The molecule has 0 amide bonds. The number of unbranched alkanes of at least 4 members (excludes halogenated alkanes) is 1. The predicted molar refractivity (Wildman–Crippen MR) is 67.1 cm³/mol. The van der Waals surface area contributed by atoms with Gasteiger partial charge in [0.05, 0.1) is 0 Å². The Morgan fingerprint density at radius 3 is 2.87 bits per heavy atom. The molecule has 0 radical (unpaired) electrons. The van der Waals surface area contributed by atoms with Crippen LogP contribution < -0.4 is 0 Å². The van der Waals surface area contributed by atoms with E-state index in [2.05, 4.69) is 0 Å². The van der Waals surface area contributed by atoms with Crippen LogP contribution in [0.1, 0.15) is 29.6 Å². The second-order valence-electron chi connectivity index (χ2n) is 3.30. The molecule has 0 spiro atoms. The monoisotopic (exact) mass is 242 g/mol. The van der Waals surface area contributed by atoms with Crippen molar-refractivity contribution in [2.75, 3.05) is 12.1 Å². The third-order valence-corrected chi connectivity index (χ3v) is 3.17. The van der Waals surface area contributed by atoms with E-state index in [0.717, 1.165) is 23.3 Å². The molecule has 0 fully saturated rings. The molecule has 0 aromatic heterocycles. The fourth-order valence-corrected chi connectivity index (χ4v) is 1.97. The standard InChI is InChI=1S/C12H15ClOS/c1-15-11-6-4-5-10(9-11)12(14)7-2-3-8-13/h4-6,9H,2-3,7-8H2,1H3. The van der Waals surface area contributed by atoms with Crippen molar-refractivity contribution in [3.63, 3.8) is 0 Å². The van der Waals surface area contributed by atoms with E-state index in [4.69, 9.17) is 11.6 Å². The van der Waals surface area contributed by atoms with E-state index in [1.165, 1.54) is 0 Å². The zero-order valence-corrected chi connectivity index (χ0v) is 10.4. The molecule has 0 saturated carbocycles. The number of halogens is 1. The van der Waals surface area contributed by atoms with Crippen LogP contribution in [0.15, 0.2) is 29.2 Å². The molecule has 1 rings (SSSR count). The van der Waals surface area contributed by atoms with Gasteiger partial charge in [-0.3, -0.25) is 4.79 Å². The SMILES string of the molecule is CSc1cccc(C(=O)CCCCCl)c1. The maximum atomic E-state index is 11.7. The highest BCUT2D eigenvalue weighted by Crippen LogP contribution is 2.17. The van der Waals surface area contributed by atoms with Gasteiger partial charge in [-0.25, -0.2) is 0 Å². The number of hydrogen-bond donors (Lipinski definition) is 0. The molecule has 15 heavy (non-hydrogen) atoms. The van der Waals surface area contributed by atoms with Crippen LogP contribution in [0.3, 0.4) is 0 Å². The van der Waals surface area contributed by atoms with Crippen LogP contribution in [-0.4, -0.2) is 17.9 Å². The van der Waals surface area contributed by atoms with E-state index in [1.807, 2.05) is 30.5 Å². The van der Waals surface area contributed by atoms with Gasteiger partial charge < -0.3 is 0 Å². The van der Waals surface area contributed by atoms with Gasteiger partial charge in [0.15, 0.2) is 5.78 Å². The molecule has 0 unspecified atom stereocenters. The Morgan fingerprint density at radius 2 is 2.20 bits per heavy atom. The minimum Gasteiger partial charge on any atom is -0.294 e. The Kier molecular flexibility index (Phi) is 5.81. The van der Waals surface area contributed by atoms with E-state index in [0.29, 0.717) is 12.3 Å². The van der Waals surface area contributed by atoms with E-state index >= 15 is 0 Å². The van der Waals surface area contributed by atoms with Crippen molar-refractivity contribution >= 4 is 29.1 Å². The summed E-state index contributed by atoms with van der Waals surface area (Å²) in [4.78, 5) is 12.9. The Bertz CT molecular complexity index is 325.